The molecule has 0 aromatic heterocycles. The van der Waals surface area contributed by atoms with Gasteiger partial charge >= 0.3 is 0 Å². The SMILES string of the molecule is OC[C@H]1O[C@H](O[C@H]2[C@H](O)[C@@H](CO)OC(O)[C@@H]2O)[C@@H](O)[C@@H](O)[C@@H]1O. The lowest BCUT2D eigenvalue weighted by Gasteiger charge is -2.45. The van der Waals surface area contributed by atoms with E-state index in [1.54, 1.807) is 0 Å². The highest BCUT2D eigenvalue weighted by atomic mass is 16.7. The van der Waals surface area contributed by atoms with Crippen molar-refractivity contribution in [2.24, 2.45) is 0 Å². The predicted octanol–water partition coefficient (Wildman–Crippen LogP) is -5.40. The summed E-state index contributed by atoms with van der Waals surface area (Å²) in [6, 6.07) is 0. The van der Waals surface area contributed by atoms with Gasteiger partial charge in [0.15, 0.2) is 12.6 Å². The molecule has 136 valence electrons. The van der Waals surface area contributed by atoms with Crippen LogP contribution in [0.15, 0.2) is 0 Å². The van der Waals surface area contributed by atoms with Crippen molar-refractivity contribution < 1.29 is 55.1 Å². The fourth-order valence-electron chi connectivity index (χ4n) is 2.56. The summed E-state index contributed by atoms with van der Waals surface area (Å²) < 4.78 is 15.1. The highest BCUT2D eigenvalue weighted by Crippen LogP contribution is 2.28. The Balaban J connectivity index is 2.11. The van der Waals surface area contributed by atoms with Gasteiger partial charge in [0.2, 0.25) is 0 Å². The van der Waals surface area contributed by atoms with Gasteiger partial charge in [-0.15, -0.1) is 0 Å². The van der Waals surface area contributed by atoms with E-state index in [1.807, 2.05) is 0 Å². The summed E-state index contributed by atoms with van der Waals surface area (Å²) in [6.45, 7) is -1.34. The van der Waals surface area contributed by atoms with Gasteiger partial charge in [0.1, 0.15) is 48.8 Å². The number of hydrogen-bond donors (Lipinski definition) is 8. The van der Waals surface area contributed by atoms with E-state index in [-0.39, 0.29) is 0 Å². The summed E-state index contributed by atoms with van der Waals surface area (Å²) in [6.07, 6.45) is -15.7. The summed E-state index contributed by atoms with van der Waals surface area (Å²) in [5.41, 5.74) is 0. The Morgan fingerprint density at radius 2 is 1.22 bits per heavy atom. The minimum Gasteiger partial charge on any atom is -0.394 e. The molecule has 0 bridgehead atoms. The number of ether oxygens (including phenoxy) is 3. The van der Waals surface area contributed by atoms with E-state index in [1.165, 1.54) is 0 Å². The van der Waals surface area contributed by atoms with E-state index in [2.05, 4.69) is 0 Å². The Labute approximate surface area is 130 Å². The van der Waals surface area contributed by atoms with E-state index in [0.717, 1.165) is 0 Å². The highest BCUT2D eigenvalue weighted by Gasteiger charge is 2.50. The molecule has 0 saturated carbocycles. The van der Waals surface area contributed by atoms with Gasteiger partial charge < -0.3 is 55.1 Å². The predicted molar refractivity (Wildman–Crippen MR) is 68.6 cm³/mol. The maximum atomic E-state index is 10.00. The van der Waals surface area contributed by atoms with Crippen LogP contribution in [0.1, 0.15) is 0 Å². The molecule has 10 atom stereocenters. The first-order chi connectivity index (χ1) is 10.8. The molecule has 11 nitrogen and oxygen atoms in total. The molecule has 23 heavy (non-hydrogen) atoms. The minimum absolute atomic E-state index is 0.667. The van der Waals surface area contributed by atoms with Crippen molar-refractivity contribution >= 4 is 0 Å². The first kappa shape index (κ1) is 18.9. The van der Waals surface area contributed by atoms with Gasteiger partial charge in [-0.1, -0.05) is 0 Å². The molecule has 0 amide bonds. The van der Waals surface area contributed by atoms with E-state index in [9.17, 15) is 30.6 Å². The number of aliphatic hydroxyl groups excluding tert-OH is 8. The minimum atomic E-state index is -1.76. The Kier molecular flexibility index (Phi) is 6.27. The van der Waals surface area contributed by atoms with Crippen LogP contribution in [0.25, 0.3) is 0 Å². The first-order valence-corrected chi connectivity index (χ1v) is 7.08. The zero-order valence-corrected chi connectivity index (χ0v) is 12.0. The van der Waals surface area contributed by atoms with Gasteiger partial charge in [-0.3, -0.25) is 0 Å². The fraction of sp³-hybridized carbons (Fsp3) is 1.00. The van der Waals surface area contributed by atoms with Crippen molar-refractivity contribution in [3.8, 4) is 0 Å². The fourth-order valence-corrected chi connectivity index (χ4v) is 2.56. The van der Waals surface area contributed by atoms with E-state index >= 15 is 0 Å². The first-order valence-electron chi connectivity index (χ1n) is 7.08. The third-order valence-corrected chi connectivity index (χ3v) is 3.98. The topological polar surface area (TPSA) is 190 Å². The van der Waals surface area contributed by atoms with Crippen LogP contribution in [0.5, 0.6) is 0 Å². The molecule has 11 heteroatoms. The second-order valence-corrected chi connectivity index (χ2v) is 5.53. The molecule has 2 heterocycles. The molecular formula is C12H22O11. The van der Waals surface area contributed by atoms with Crippen LogP contribution >= 0.6 is 0 Å². The number of rotatable bonds is 4. The average Bonchev–Trinajstić information content (AvgIpc) is 2.54. The van der Waals surface area contributed by atoms with Gasteiger partial charge in [-0.05, 0) is 0 Å². The van der Waals surface area contributed by atoms with Crippen LogP contribution < -0.4 is 0 Å². The third-order valence-electron chi connectivity index (χ3n) is 3.98. The molecule has 2 fully saturated rings. The van der Waals surface area contributed by atoms with E-state index in [4.69, 9.17) is 24.4 Å². The maximum Gasteiger partial charge on any atom is 0.187 e. The van der Waals surface area contributed by atoms with Crippen LogP contribution in [0, 0.1) is 0 Å². The van der Waals surface area contributed by atoms with Crippen LogP contribution in [-0.4, -0.2) is 115 Å². The van der Waals surface area contributed by atoms with Crippen LogP contribution in [0.4, 0.5) is 0 Å². The van der Waals surface area contributed by atoms with Gasteiger partial charge in [0, 0.05) is 0 Å². The lowest BCUT2D eigenvalue weighted by molar-refractivity contribution is -0.355. The van der Waals surface area contributed by atoms with Crippen molar-refractivity contribution in [2.75, 3.05) is 13.2 Å². The molecule has 8 N–H and O–H groups in total. The molecule has 0 aromatic carbocycles. The standard InChI is InChI=1S/C12H22O11/c13-1-3-5(15)7(17)8(18)12(22-3)23-10-6(16)4(2-14)21-11(20)9(10)19/h3-20H,1-2H2/t3-,4-,5-,6-,7+,8+,9-,10+,11?,12-/m1/s1. The van der Waals surface area contributed by atoms with Crippen LogP contribution in [0.3, 0.4) is 0 Å². The zero-order valence-electron chi connectivity index (χ0n) is 12.0. The molecule has 0 spiro atoms. The summed E-state index contributed by atoms with van der Waals surface area (Å²) >= 11 is 0. The van der Waals surface area contributed by atoms with Gasteiger partial charge in [0.25, 0.3) is 0 Å². The van der Waals surface area contributed by atoms with E-state index in [0.29, 0.717) is 0 Å². The van der Waals surface area contributed by atoms with Crippen molar-refractivity contribution in [1.29, 1.82) is 0 Å². The number of hydrogen-bond acceptors (Lipinski definition) is 11. The monoisotopic (exact) mass is 342 g/mol. The number of aliphatic hydroxyl groups is 8. The lowest BCUT2D eigenvalue weighted by atomic mass is 9.97. The second kappa shape index (κ2) is 7.63. The second-order valence-electron chi connectivity index (χ2n) is 5.53. The van der Waals surface area contributed by atoms with Crippen LogP contribution in [-0.2, 0) is 14.2 Å². The molecule has 2 saturated heterocycles. The Hall–Kier alpha value is -0.440. The quantitative estimate of drug-likeness (QED) is 0.243. The molecule has 0 aromatic rings. The van der Waals surface area contributed by atoms with Crippen molar-refractivity contribution in [3.63, 3.8) is 0 Å². The highest BCUT2D eigenvalue weighted by molar-refractivity contribution is 4.93. The summed E-state index contributed by atoms with van der Waals surface area (Å²) in [5.74, 6) is 0. The summed E-state index contributed by atoms with van der Waals surface area (Å²) in [7, 11) is 0. The van der Waals surface area contributed by atoms with Gasteiger partial charge in [-0.25, -0.2) is 0 Å². The molecule has 2 rings (SSSR count). The molecule has 0 aliphatic carbocycles. The van der Waals surface area contributed by atoms with Crippen molar-refractivity contribution in [2.45, 2.75) is 61.4 Å². The summed E-state index contributed by atoms with van der Waals surface area (Å²) in [5, 5.41) is 76.8. The van der Waals surface area contributed by atoms with Crippen molar-refractivity contribution in [3.05, 3.63) is 0 Å². The molecule has 2 aliphatic rings. The normalized spacial score (nSPS) is 51.7. The largest absolute Gasteiger partial charge is 0.394 e. The Bertz CT molecular complexity index is 380. The van der Waals surface area contributed by atoms with Gasteiger partial charge in [0.05, 0.1) is 13.2 Å². The molecule has 1 unspecified atom stereocenters. The van der Waals surface area contributed by atoms with Crippen molar-refractivity contribution in [1.82, 2.24) is 0 Å². The molecule has 2 aliphatic heterocycles. The van der Waals surface area contributed by atoms with E-state index < -0.39 is 74.6 Å². The van der Waals surface area contributed by atoms with Gasteiger partial charge in [-0.2, -0.15) is 0 Å². The average molecular weight is 342 g/mol. The zero-order chi connectivity index (χ0) is 17.3. The maximum absolute atomic E-state index is 10.00. The Morgan fingerprint density at radius 1 is 0.652 bits per heavy atom. The molecule has 0 radical (unpaired) electrons. The summed E-state index contributed by atoms with van der Waals surface area (Å²) in [4.78, 5) is 0. The lowest BCUT2D eigenvalue weighted by Crippen LogP contribution is -2.64. The smallest absolute Gasteiger partial charge is 0.187 e. The third kappa shape index (κ3) is 3.65. The molecular weight excluding hydrogens is 320 g/mol. The Morgan fingerprint density at radius 3 is 1.78 bits per heavy atom. The van der Waals surface area contributed by atoms with Crippen LogP contribution in [0.2, 0.25) is 0 Å².